The minimum atomic E-state index is -0.256. The zero-order valence-electron chi connectivity index (χ0n) is 12.9. The summed E-state index contributed by atoms with van der Waals surface area (Å²) >= 11 is 0. The topological polar surface area (TPSA) is 24.9 Å². The Hall–Kier alpha value is -0.960. The van der Waals surface area contributed by atoms with Crippen molar-refractivity contribution in [3.63, 3.8) is 0 Å². The van der Waals surface area contributed by atoms with Gasteiger partial charge in [0.05, 0.1) is 17.9 Å². The predicted octanol–water partition coefficient (Wildman–Crippen LogP) is 4.33. The standard InChI is InChI=1S/C17H27FN2/c1-4-9-19-17(16-8-7-15(18)11-20-16)14-6-5-12(2)13(3)10-14/h7-8,11-14,17,19H,4-6,9-10H2,1-3H3. The van der Waals surface area contributed by atoms with Gasteiger partial charge in [-0.25, -0.2) is 4.39 Å². The monoisotopic (exact) mass is 278 g/mol. The van der Waals surface area contributed by atoms with Crippen LogP contribution in [0.1, 0.15) is 58.2 Å². The van der Waals surface area contributed by atoms with Crippen molar-refractivity contribution >= 4 is 0 Å². The molecular weight excluding hydrogens is 251 g/mol. The van der Waals surface area contributed by atoms with E-state index >= 15 is 0 Å². The largest absolute Gasteiger partial charge is 0.308 e. The van der Waals surface area contributed by atoms with Gasteiger partial charge in [0.2, 0.25) is 0 Å². The molecule has 0 spiro atoms. The fraction of sp³-hybridized carbons (Fsp3) is 0.706. The number of aromatic nitrogens is 1. The van der Waals surface area contributed by atoms with Gasteiger partial charge in [0.15, 0.2) is 0 Å². The van der Waals surface area contributed by atoms with Crippen molar-refractivity contribution in [1.82, 2.24) is 10.3 Å². The van der Waals surface area contributed by atoms with Crippen LogP contribution in [0.4, 0.5) is 4.39 Å². The molecule has 2 nitrogen and oxygen atoms in total. The fourth-order valence-corrected chi connectivity index (χ4v) is 3.28. The molecule has 4 unspecified atom stereocenters. The van der Waals surface area contributed by atoms with Crippen LogP contribution in [-0.4, -0.2) is 11.5 Å². The molecule has 20 heavy (non-hydrogen) atoms. The number of nitrogens with one attached hydrogen (secondary N) is 1. The lowest BCUT2D eigenvalue weighted by molar-refractivity contribution is 0.169. The van der Waals surface area contributed by atoms with Gasteiger partial charge in [-0.05, 0) is 55.7 Å². The van der Waals surface area contributed by atoms with E-state index in [1.807, 2.05) is 6.07 Å². The maximum Gasteiger partial charge on any atom is 0.141 e. The van der Waals surface area contributed by atoms with E-state index in [2.05, 4.69) is 31.1 Å². The number of rotatable bonds is 5. The summed E-state index contributed by atoms with van der Waals surface area (Å²) in [5.74, 6) is 1.94. The van der Waals surface area contributed by atoms with Gasteiger partial charge < -0.3 is 5.32 Å². The van der Waals surface area contributed by atoms with Crippen molar-refractivity contribution in [2.75, 3.05) is 6.54 Å². The predicted molar refractivity (Wildman–Crippen MR) is 80.9 cm³/mol. The number of nitrogens with zero attached hydrogens (tertiary/aromatic N) is 1. The molecule has 1 aliphatic rings. The highest BCUT2D eigenvalue weighted by atomic mass is 19.1. The lowest BCUT2D eigenvalue weighted by atomic mass is 9.72. The summed E-state index contributed by atoms with van der Waals surface area (Å²) in [6.07, 6.45) is 6.21. The smallest absolute Gasteiger partial charge is 0.141 e. The van der Waals surface area contributed by atoms with Gasteiger partial charge in [0.1, 0.15) is 5.82 Å². The highest BCUT2D eigenvalue weighted by molar-refractivity contribution is 5.11. The van der Waals surface area contributed by atoms with Crippen LogP contribution in [0, 0.1) is 23.6 Å². The van der Waals surface area contributed by atoms with Gasteiger partial charge in [-0.1, -0.05) is 27.2 Å². The number of pyridine rings is 1. The van der Waals surface area contributed by atoms with E-state index in [0.29, 0.717) is 5.92 Å². The minimum Gasteiger partial charge on any atom is -0.308 e. The molecule has 1 aromatic heterocycles. The van der Waals surface area contributed by atoms with E-state index in [1.54, 1.807) is 0 Å². The SMILES string of the molecule is CCCNC(c1ccc(F)cn1)C1CCC(C)C(C)C1. The Kier molecular flexibility index (Phi) is 5.53. The second-order valence-electron chi connectivity index (χ2n) is 6.36. The summed E-state index contributed by atoms with van der Waals surface area (Å²) < 4.78 is 13.1. The molecule has 4 atom stereocenters. The van der Waals surface area contributed by atoms with Crippen molar-refractivity contribution in [3.8, 4) is 0 Å². The highest BCUT2D eigenvalue weighted by Gasteiger charge is 2.31. The van der Waals surface area contributed by atoms with E-state index in [1.165, 1.54) is 31.5 Å². The third-order valence-corrected chi connectivity index (χ3v) is 4.79. The molecule has 1 fully saturated rings. The third-order valence-electron chi connectivity index (χ3n) is 4.79. The maximum absolute atomic E-state index is 13.1. The van der Waals surface area contributed by atoms with Gasteiger partial charge in [0.25, 0.3) is 0 Å². The van der Waals surface area contributed by atoms with Crippen molar-refractivity contribution in [2.24, 2.45) is 17.8 Å². The molecule has 0 saturated heterocycles. The van der Waals surface area contributed by atoms with Crippen LogP contribution in [0.3, 0.4) is 0 Å². The van der Waals surface area contributed by atoms with E-state index in [-0.39, 0.29) is 11.9 Å². The quantitative estimate of drug-likeness (QED) is 0.867. The Bertz CT molecular complexity index is 404. The zero-order chi connectivity index (χ0) is 14.5. The van der Waals surface area contributed by atoms with Crippen LogP contribution in [-0.2, 0) is 0 Å². The summed E-state index contributed by atoms with van der Waals surface area (Å²) in [7, 11) is 0. The summed E-state index contributed by atoms with van der Waals surface area (Å²) in [5.41, 5.74) is 0.992. The molecule has 0 aliphatic heterocycles. The van der Waals surface area contributed by atoms with Crippen LogP contribution in [0.15, 0.2) is 18.3 Å². The van der Waals surface area contributed by atoms with Crippen LogP contribution < -0.4 is 5.32 Å². The van der Waals surface area contributed by atoms with E-state index in [0.717, 1.165) is 30.5 Å². The average molecular weight is 278 g/mol. The first-order chi connectivity index (χ1) is 9.61. The Labute approximate surface area is 122 Å². The normalized spacial score (nSPS) is 28.3. The van der Waals surface area contributed by atoms with Gasteiger partial charge >= 0.3 is 0 Å². The molecule has 112 valence electrons. The average Bonchev–Trinajstić information content (AvgIpc) is 2.45. The molecule has 1 heterocycles. The molecule has 1 aliphatic carbocycles. The Balaban J connectivity index is 2.12. The molecule has 0 bridgehead atoms. The van der Waals surface area contributed by atoms with Crippen molar-refractivity contribution in [1.29, 1.82) is 0 Å². The molecule has 0 amide bonds. The third kappa shape index (κ3) is 3.78. The van der Waals surface area contributed by atoms with Crippen molar-refractivity contribution in [2.45, 2.75) is 52.5 Å². The molecule has 3 heteroatoms. The second-order valence-corrected chi connectivity index (χ2v) is 6.36. The maximum atomic E-state index is 13.1. The number of halogens is 1. The van der Waals surface area contributed by atoms with Crippen molar-refractivity contribution < 1.29 is 4.39 Å². The Morgan fingerprint density at radius 3 is 2.70 bits per heavy atom. The summed E-state index contributed by atoms with van der Waals surface area (Å²) in [6.45, 7) is 7.87. The Morgan fingerprint density at radius 2 is 2.10 bits per heavy atom. The fourth-order valence-electron chi connectivity index (χ4n) is 3.28. The first-order valence-corrected chi connectivity index (χ1v) is 7.96. The molecule has 0 radical (unpaired) electrons. The molecule has 1 saturated carbocycles. The van der Waals surface area contributed by atoms with Gasteiger partial charge in [-0.3, -0.25) is 4.98 Å². The molecular formula is C17H27FN2. The van der Waals surface area contributed by atoms with E-state index in [4.69, 9.17) is 0 Å². The molecule has 0 aromatic carbocycles. The molecule has 1 aromatic rings. The highest BCUT2D eigenvalue weighted by Crippen LogP contribution is 2.39. The molecule has 1 N–H and O–H groups in total. The lowest BCUT2D eigenvalue weighted by Crippen LogP contribution is -2.34. The lowest BCUT2D eigenvalue weighted by Gasteiger charge is -2.37. The van der Waals surface area contributed by atoms with Gasteiger partial charge in [0, 0.05) is 0 Å². The summed E-state index contributed by atoms with van der Waals surface area (Å²) in [6, 6.07) is 3.63. The van der Waals surface area contributed by atoms with Crippen molar-refractivity contribution in [3.05, 3.63) is 29.8 Å². The molecule has 2 rings (SSSR count). The van der Waals surface area contributed by atoms with E-state index in [9.17, 15) is 4.39 Å². The van der Waals surface area contributed by atoms with Crippen LogP contribution in [0.2, 0.25) is 0 Å². The minimum absolute atomic E-state index is 0.256. The summed E-state index contributed by atoms with van der Waals surface area (Å²) in [4.78, 5) is 4.31. The Morgan fingerprint density at radius 1 is 1.30 bits per heavy atom. The summed E-state index contributed by atoms with van der Waals surface area (Å²) in [5, 5.41) is 3.63. The van der Waals surface area contributed by atoms with Crippen LogP contribution in [0.25, 0.3) is 0 Å². The second kappa shape index (κ2) is 7.16. The van der Waals surface area contributed by atoms with Gasteiger partial charge in [-0.2, -0.15) is 0 Å². The van der Waals surface area contributed by atoms with Crippen LogP contribution in [0.5, 0.6) is 0 Å². The first-order valence-electron chi connectivity index (χ1n) is 7.96. The first kappa shape index (κ1) is 15.4. The number of hydrogen-bond donors (Lipinski definition) is 1. The van der Waals surface area contributed by atoms with Gasteiger partial charge in [-0.15, -0.1) is 0 Å². The number of hydrogen-bond acceptors (Lipinski definition) is 2. The zero-order valence-corrected chi connectivity index (χ0v) is 12.9. The van der Waals surface area contributed by atoms with E-state index < -0.39 is 0 Å². The van der Waals surface area contributed by atoms with Crippen LogP contribution >= 0.6 is 0 Å².